The molecule has 8 heteroatoms. The van der Waals surface area contributed by atoms with Crippen LogP contribution in [0.15, 0.2) is 17.1 Å². The van der Waals surface area contributed by atoms with Crippen LogP contribution in [0.1, 0.15) is 18.7 Å². The van der Waals surface area contributed by atoms with E-state index in [1.54, 1.807) is 6.20 Å². The summed E-state index contributed by atoms with van der Waals surface area (Å²) < 4.78 is 0. The maximum Gasteiger partial charge on any atom is 0.340 e. The molecule has 0 atom stereocenters. The molecule has 3 rings (SSSR count). The molecule has 1 aliphatic rings. The van der Waals surface area contributed by atoms with Gasteiger partial charge in [0, 0.05) is 32.3 Å². The van der Waals surface area contributed by atoms with Gasteiger partial charge in [-0.3, -0.25) is 4.98 Å². The van der Waals surface area contributed by atoms with Crippen LogP contribution in [-0.2, 0) is 6.42 Å². The third kappa shape index (κ3) is 2.95. The fourth-order valence-electron chi connectivity index (χ4n) is 2.25. The maximum absolute atomic E-state index is 10.9. The van der Waals surface area contributed by atoms with Gasteiger partial charge >= 0.3 is 5.69 Å². The van der Waals surface area contributed by atoms with Crippen LogP contribution >= 0.6 is 0 Å². The topological polar surface area (TPSA) is 103 Å². The second-order valence-electron chi connectivity index (χ2n) is 4.74. The molecule has 106 valence electrons. The number of nitrogens with one attached hydrogen (secondary N) is 3. The molecule has 0 radical (unpaired) electrons. The van der Waals surface area contributed by atoms with E-state index in [1.807, 2.05) is 6.07 Å². The molecular weight excluding hydrogens is 258 g/mol. The van der Waals surface area contributed by atoms with Crippen molar-refractivity contribution in [1.29, 1.82) is 0 Å². The van der Waals surface area contributed by atoms with Gasteiger partial charge in [-0.15, -0.1) is 0 Å². The van der Waals surface area contributed by atoms with Crippen molar-refractivity contribution in [2.24, 2.45) is 0 Å². The zero-order valence-corrected chi connectivity index (χ0v) is 11.1. The first-order valence-corrected chi connectivity index (χ1v) is 6.77. The fraction of sp³-hybridized carbons (Fsp3) is 0.500. The summed E-state index contributed by atoms with van der Waals surface area (Å²) in [5, 5.41) is 9.41. The monoisotopic (exact) mass is 275 g/mol. The molecule has 0 bridgehead atoms. The number of hydrogen-bond donors (Lipinski definition) is 3. The second kappa shape index (κ2) is 5.72. The Bertz CT molecular complexity index is 614. The van der Waals surface area contributed by atoms with Crippen LogP contribution in [0.4, 0.5) is 11.8 Å². The van der Waals surface area contributed by atoms with E-state index < -0.39 is 0 Å². The molecule has 3 heterocycles. The first-order chi connectivity index (χ1) is 9.81. The number of H-pyrrole nitrogens is 2. The van der Waals surface area contributed by atoms with E-state index in [9.17, 15) is 4.79 Å². The van der Waals surface area contributed by atoms with Crippen LogP contribution in [0.3, 0.4) is 0 Å². The largest absolute Gasteiger partial charge is 0.369 e. The summed E-state index contributed by atoms with van der Waals surface area (Å²) in [6.07, 6.45) is 4.79. The van der Waals surface area contributed by atoms with E-state index in [1.165, 1.54) is 12.8 Å². The predicted molar refractivity (Wildman–Crippen MR) is 74.9 cm³/mol. The number of hydrogen-bond acceptors (Lipinski definition) is 6. The molecule has 3 N–H and O–H groups in total. The predicted octanol–water partition coefficient (Wildman–Crippen LogP) is 0.143. The molecule has 0 aliphatic carbocycles. The molecule has 1 aliphatic heterocycles. The lowest BCUT2D eigenvalue weighted by Crippen LogP contribution is -2.21. The quantitative estimate of drug-likeness (QED) is 0.717. The van der Waals surface area contributed by atoms with Crippen LogP contribution in [-0.4, -0.2) is 44.8 Å². The SMILES string of the molecule is O=c1[nH]nc(CCNc2ccnc(N3CCCC3)n2)[nH]1. The van der Waals surface area contributed by atoms with Gasteiger partial charge in [0.1, 0.15) is 11.6 Å². The fourth-order valence-corrected chi connectivity index (χ4v) is 2.25. The Kier molecular flexibility index (Phi) is 3.62. The average molecular weight is 275 g/mol. The normalized spacial score (nSPS) is 14.7. The van der Waals surface area contributed by atoms with E-state index >= 15 is 0 Å². The van der Waals surface area contributed by atoms with Gasteiger partial charge in [-0.1, -0.05) is 0 Å². The minimum absolute atomic E-state index is 0.279. The molecule has 20 heavy (non-hydrogen) atoms. The zero-order chi connectivity index (χ0) is 13.8. The zero-order valence-electron chi connectivity index (χ0n) is 11.1. The lowest BCUT2D eigenvalue weighted by atomic mass is 10.4. The van der Waals surface area contributed by atoms with E-state index in [2.05, 4.69) is 35.4 Å². The Morgan fingerprint density at radius 2 is 2.20 bits per heavy atom. The van der Waals surface area contributed by atoms with Gasteiger partial charge in [0.2, 0.25) is 5.95 Å². The minimum Gasteiger partial charge on any atom is -0.369 e. The van der Waals surface area contributed by atoms with Crippen LogP contribution in [0, 0.1) is 0 Å². The maximum atomic E-state index is 10.9. The molecule has 0 unspecified atom stereocenters. The lowest BCUT2D eigenvalue weighted by Gasteiger charge is -2.15. The number of nitrogens with zero attached hydrogens (tertiary/aromatic N) is 4. The highest BCUT2D eigenvalue weighted by Crippen LogP contribution is 2.16. The molecule has 0 saturated carbocycles. The van der Waals surface area contributed by atoms with Gasteiger partial charge in [-0.25, -0.2) is 14.9 Å². The van der Waals surface area contributed by atoms with Crippen molar-refractivity contribution in [3.8, 4) is 0 Å². The first-order valence-electron chi connectivity index (χ1n) is 6.77. The van der Waals surface area contributed by atoms with Gasteiger partial charge in [0.05, 0.1) is 0 Å². The molecule has 8 nitrogen and oxygen atoms in total. The molecule has 0 spiro atoms. The van der Waals surface area contributed by atoms with Gasteiger partial charge in [-0.05, 0) is 18.9 Å². The highest BCUT2D eigenvalue weighted by Gasteiger charge is 2.14. The Morgan fingerprint density at radius 3 is 2.95 bits per heavy atom. The minimum atomic E-state index is -0.279. The van der Waals surface area contributed by atoms with Crippen molar-refractivity contribution in [1.82, 2.24) is 25.1 Å². The Labute approximate surface area is 115 Å². The van der Waals surface area contributed by atoms with Crippen LogP contribution in [0.5, 0.6) is 0 Å². The van der Waals surface area contributed by atoms with Crippen LogP contribution in [0.2, 0.25) is 0 Å². The van der Waals surface area contributed by atoms with Crippen molar-refractivity contribution >= 4 is 11.8 Å². The summed E-state index contributed by atoms with van der Waals surface area (Å²) in [5.41, 5.74) is -0.279. The Morgan fingerprint density at radius 1 is 1.35 bits per heavy atom. The van der Waals surface area contributed by atoms with Crippen molar-refractivity contribution in [2.45, 2.75) is 19.3 Å². The smallest absolute Gasteiger partial charge is 0.340 e. The number of aromatic nitrogens is 5. The van der Waals surface area contributed by atoms with E-state index in [0.29, 0.717) is 18.8 Å². The van der Waals surface area contributed by atoms with Gasteiger partial charge in [-0.2, -0.15) is 10.1 Å². The van der Waals surface area contributed by atoms with Crippen molar-refractivity contribution in [2.75, 3.05) is 29.9 Å². The molecule has 0 amide bonds. The summed E-state index contributed by atoms with van der Waals surface area (Å²) in [7, 11) is 0. The summed E-state index contributed by atoms with van der Waals surface area (Å²) in [4.78, 5) is 24.5. The summed E-state index contributed by atoms with van der Waals surface area (Å²) >= 11 is 0. The number of rotatable bonds is 5. The van der Waals surface area contributed by atoms with E-state index in [0.717, 1.165) is 24.9 Å². The third-order valence-electron chi connectivity index (χ3n) is 3.25. The highest BCUT2D eigenvalue weighted by molar-refractivity contribution is 5.41. The number of aromatic amines is 2. The molecule has 1 fully saturated rings. The second-order valence-corrected chi connectivity index (χ2v) is 4.74. The first kappa shape index (κ1) is 12.6. The molecular formula is C12H17N7O. The molecule has 2 aromatic rings. The summed E-state index contributed by atoms with van der Waals surface area (Å²) in [6.45, 7) is 2.70. The van der Waals surface area contributed by atoms with Crippen molar-refractivity contribution in [3.63, 3.8) is 0 Å². The average Bonchev–Trinajstić information content (AvgIpc) is 3.11. The summed E-state index contributed by atoms with van der Waals surface area (Å²) in [5.74, 6) is 2.21. The Hall–Kier alpha value is -2.38. The molecule has 0 aromatic carbocycles. The van der Waals surface area contributed by atoms with Crippen LogP contribution in [0.25, 0.3) is 0 Å². The van der Waals surface area contributed by atoms with Gasteiger partial charge in [0.15, 0.2) is 0 Å². The molecule has 2 aromatic heterocycles. The van der Waals surface area contributed by atoms with Crippen molar-refractivity contribution in [3.05, 3.63) is 28.6 Å². The van der Waals surface area contributed by atoms with Crippen molar-refractivity contribution < 1.29 is 0 Å². The third-order valence-corrected chi connectivity index (χ3v) is 3.25. The summed E-state index contributed by atoms with van der Waals surface area (Å²) in [6, 6.07) is 1.84. The van der Waals surface area contributed by atoms with Crippen LogP contribution < -0.4 is 15.9 Å². The lowest BCUT2D eigenvalue weighted by molar-refractivity contribution is 0.879. The van der Waals surface area contributed by atoms with E-state index in [4.69, 9.17) is 0 Å². The number of anilines is 2. The van der Waals surface area contributed by atoms with Gasteiger partial charge < -0.3 is 10.2 Å². The standard InChI is InChI=1S/C12H17N7O/c20-12-16-10(17-18-12)4-5-13-9-3-6-14-11(15-9)19-7-1-2-8-19/h3,6H,1-2,4-5,7-8H2,(H,13,14,15)(H2,16,17,18,20). The Balaban J connectivity index is 1.57. The highest BCUT2D eigenvalue weighted by atomic mass is 16.1. The van der Waals surface area contributed by atoms with Gasteiger partial charge in [0.25, 0.3) is 0 Å². The molecule has 1 saturated heterocycles. The van der Waals surface area contributed by atoms with E-state index in [-0.39, 0.29) is 5.69 Å².